The van der Waals surface area contributed by atoms with E-state index in [0.29, 0.717) is 5.56 Å². The predicted octanol–water partition coefficient (Wildman–Crippen LogP) is 2.74. The number of nitrogens with one attached hydrogen (secondary N) is 1. The molecule has 1 N–H and O–H groups in total. The zero-order valence-electron chi connectivity index (χ0n) is 11.9. The molecule has 0 radical (unpaired) electrons. The van der Waals surface area contributed by atoms with Crippen LogP contribution >= 0.6 is 0 Å². The normalized spacial score (nSPS) is 12.7. The Labute approximate surface area is 113 Å². The van der Waals surface area contributed by atoms with Crippen molar-refractivity contribution < 1.29 is 4.39 Å². The second-order valence-corrected chi connectivity index (χ2v) is 4.78. The Morgan fingerprint density at radius 3 is 2.68 bits per heavy atom. The van der Waals surface area contributed by atoms with Crippen molar-refractivity contribution >= 4 is 0 Å². The maximum absolute atomic E-state index is 14.0. The van der Waals surface area contributed by atoms with E-state index in [9.17, 15) is 4.39 Å². The van der Waals surface area contributed by atoms with Crippen LogP contribution in [0, 0.1) is 12.7 Å². The summed E-state index contributed by atoms with van der Waals surface area (Å²) in [7, 11) is 3.73. The first-order chi connectivity index (χ1) is 9.06. The van der Waals surface area contributed by atoms with Crippen LogP contribution in [0.1, 0.15) is 35.5 Å². The van der Waals surface area contributed by atoms with Gasteiger partial charge in [-0.05, 0) is 32.5 Å². The van der Waals surface area contributed by atoms with Crippen LogP contribution in [-0.2, 0) is 13.5 Å². The van der Waals surface area contributed by atoms with Crippen molar-refractivity contribution in [2.45, 2.75) is 26.3 Å². The largest absolute Gasteiger partial charge is 0.308 e. The van der Waals surface area contributed by atoms with Crippen LogP contribution in [0.4, 0.5) is 4.39 Å². The fourth-order valence-electron chi connectivity index (χ4n) is 2.33. The Balaban J connectivity index is 2.49. The predicted molar refractivity (Wildman–Crippen MR) is 74.6 cm³/mol. The first kappa shape index (κ1) is 13.7. The zero-order chi connectivity index (χ0) is 14.0. The maximum atomic E-state index is 14.0. The van der Waals surface area contributed by atoms with E-state index < -0.39 is 0 Å². The molecule has 0 spiro atoms. The van der Waals surface area contributed by atoms with Gasteiger partial charge in [0.1, 0.15) is 5.82 Å². The third kappa shape index (κ3) is 2.68. The first-order valence-electron chi connectivity index (χ1n) is 6.53. The summed E-state index contributed by atoms with van der Waals surface area (Å²) in [5.41, 5.74) is 3.71. The summed E-state index contributed by atoms with van der Waals surface area (Å²) >= 11 is 0. The molecule has 0 aliphatic carbocycles. The van der Waals surface area contributed by atoms with Crippen molar-refractivity contribution in [2.24, 2.45) is 7.05 Å². The fraction of sp³-hybridized carbons (Fsp3) is 0.400. The minimum atomic E-state index is -0.191. The van der Waals surface area contributed by atoms with Crippen molar-refractivity contribution in [1.82, 2.24) is 15.1 Å². The molecule has 0 saturated heterocycles. The number of hydrogen-bond donors (Lipinski definition) is 1. The van der Waals surface area contributed by atoms with E-state index in [0.717, 1.165) is 23.4 Å². The van der Waals surface area contributed by atoms with Crippen LogP contribution in [0.2, 0.25) is 0 Å². The van der Waals surface area contributed by atoms with E-state index >= 15 is 0 Å². The minimum Gasteiger partial charge on any atom is -0.308 e. The van der Waals surface area contributed by atoms with E-state index in [2.05, 4.69) is 17.3 Å². The molecule has 19 heavy (non-hydrogen) atoms. The van der Waals surface area contributed by atoms with Gasteiger partial charge < -0.3 is 5.32 Å². The Morgan fingerprint density at radius 2 is 2.11 bits per heavy atom. The lowest BCUT2D eigenvalue weighted by atomic mass is 10.0. The molecule has 1 aromatic heterocycles. The molecule has 0 fully saturated rings. The number of aromatic nitrogens is 2. The van der Waals surface area contributed by atoms with Crippen LogP contribution in [0.15, 0.2) is 24.3 Å². The van der Waals surface area contributed by atoms with Crippen LogP contribution < -0.4 is 5.32 Å². The van der Waals surface area contributed by atoms with E-state index in [1.54, 1.807) is 6.07 Å². The van der Waals surface area contributed by atoms with Gasteiger partial charge in [-0.25, -0.2) is 4.39 Å². The lowest BCUT2D eigenvalue weighted by Crippen LogP contribution is -2.21. The maximum Gasteiger partial charge on any atom is 0.128 e. The third-order valence-corrected chi connectivity index (χ3v) is 3.38. The van der Waals surface area contributed by atoms with Gasteiger partial charge in [0, 0.05) is 12.6 Å². The molecule has 0 aliphatic rings. The first-order valence-corrected chi connectivity index (χ1v) is 6.53. The van der Waals surface area contributed by atoms with E-state index in [1.165, 1.54) is 6.07 Å². The molecule has 1 unspecified atom stereocenters. The van der Waals surface area contributed by atoms with Gasteiger partial charge >= 0.3 is 0 Å². The summed E-state index contributed by atoms with van der Waals surface area (Å²) in [5.74, 6) is -0.191. The van der Waals surface area contributed by atoms with Crippen molar-refractivity contribution in [3.05, 3.63) is 52.6 Å². The van der Waals surface area contributed by atoms with Crippen molar-refractivity contribution in [2.75, 3.05) is 7.05 Å². The number of aryl methyl sites for hydroxylation is 3. The average molecular weight is 261 g/mol. The van der Waals surface area contributed by atoms with Gasteiger partial charge in [0.05, 0.1) is 17.4 Å². The summed E-state index contributed by atoms with van der Waals surface area (Å²) in [4.78, 5) is 0. The topological polar surface area (TPSA) is 29.9 Å². The molecular weight excluding hydrogens is 241 g/mol. The number of nitrogens with zero attached hydrogens (tertiary/aromatic N) is 2. The molecule has 0 saturated carbocycles. The lowest BCUT2D eigenvalue weighted by Gasteiger charge is -2.18. The molecule has 2 rings (SSSR count). The van der Waals surface area contributed by atoms with Gasteiger partial charge in [-0.3, -0.25) is 4.68 Å². The lowest BCUT2D eigenvalue weighted by molar-refractivity contribution is 0.550. The Hall–Kier alpha value is -1.68. The molecule has 1 atom stereocenters. The molecule has 1 heterocycles. The van der Waals surface area contributed by atoms with E-state index in [1.807, 2.05) is 37.8 Å². The monoisotopic (exact) mass is 261 g/mol. The van der Waals surface area contributed by atoms with Gasteiger partial charge in [-0.15, -0.1) is 0 Å². The molecule has 0 amide bonds. The summed E-state index contributed by atoms with van der Waals surface area (Å²) in [5, 5.41) is 7.61. The van der Waals surface area contributed by atoms with Gasteiger partial charge in [-0.1, -0.05) is 24.6 Å². The fourth-order valence-corrected chi connectivity index (χ4v) is 2.33. The molecule has 0 bridgehead atoms. The molecule has 0 aliphatic heterocycles. The summed E-state index contributed by atoms with van der Waals surface area (Å²) in [6.45, 7) is 4.03. The second kappa shape index (κ2) is 5.53. The number of benzene rings is 1. The Bertz CT molecular complexity index is 575. The number of rotatable bonds is 4. The smallest absolute Gasteiger partial charge is 0.128 e. The highest BCUT2D eigenvalue weighted by Crippen LogP contribution is 2.25. The Kier molecular flexibility index (Phi) is 4.00. The van der Waals surface area contributed by atoms with Crippen LogP contribution in [0.25, 0.3) is 0 Å². The van der Waals surface area contributed by atoms with E-state index in [-0.39, 0.29) is 11.9 Å². The molecular formula is C15H20FN3. The molecule has 2 aromatic rings. The van der Waals surface area contributed by atoms with Crippen molar-refractivity contribution in [1.29, 1.82) is 0 Å². The highest BCUT2D eigenvalue weighted by molar-refractivity contribution is 5.33. The van der Waals surface area contributed by atoms with E-state index in [4.69, 9.17) is 0 Å². The number of hydrogen-bond acceptors (Lipinski definition) is 2. The minimum absolute atomic E-state index is 0.183. The van der Waals surface area contributed by atoms with Gasteiger partial charge in [0.25, 0.3) is 0 Å². The number of halogens is 1. The summed E-state index contributed by atoms with van der Waals surface area (Å²) < 4.78 is 15.9. The van der Waals surface area contributed by atoms with Crippen LogP contribution in [0.3, 0.4) is 0 Å². The van der Waals surface area contributed by atoms with Crippen molar-refractivity contribution in [3.8, 4) is 0 Å². The molecule has 1 aromatic carbocycles. The molecule has 3 nitrogen and oxygen atoms in total. The van der Waals surface area contributed by atoms with Crippen LogP contribution in [-0.4, -0.2) is 16.8 Å². The van der Waals surface area contributed by atoms with Gasteiger partial charge in [-0.2, -0.15) is 5.10 Å². The highest BCUT2D eigenvalue weighted by Gasteiger charge is 2.20. The highest BCUT2D eigenvalue weighted by atomic mass is 19.1. The standard InChI is InChI=1S/C15H20FN3/c1-5-11-9-14(19(4)18-11)15(17-3)12-8-10(2)6-7-13(12)16/h6-9,15,17H,5H2,1-4H3. The van der Waals surface area contributed by atoms with Gasteiger partial charge in [0.2, 0.25) is 0 Å². The second-order valence-electron chi connectivity index (χ2n) is 4.78. The SMILES string of the molecule is CCc1cc(C(NC)c2cc(C)ccc2F)n(C)n1. The zero-order valence-corrected chi connectivity index (χ0v) is 11.9. The third-order valence-electron chi connectivity index (χ3n) is 3.38. The van der Waals surface area contributed by atoms with Gasteiger partial charge in [0.15, 0.2) is 0 Å². The summed E-state index contributed by atoms with van der Waals surface area (Å²) in [6.07, 6.45) is 0.876. The summed E-state index contributed by atoms with van der Waals surface area (Å²) in [6, 6.07) is 7.04. The Morgan fingerprint density at radius 1 is 1.37 bits per heavy atom. The average Bonchev–Trinajstić information content (AvgIpc) is 2.76. The van der Waals surface area contributed by atoms with Crippen molar-refractivity contribution in [3.63, 3.8) is 0 Å². The quantitative estimate of drug-likeness (QED) is 0.917. The van der Waals surface area contributed by atoms with Crippen LogP contribution in [0.5, 0.6) is 0 Å². The molecule has 4 heteroatoms. The molecule has 102 valence electrons.